The summed E-state index contributed by atoms with van der Waals surface area (Å²) in [4.78, 5) is 48.8. The Morgan fingerprint density at radius 1 is 0.857 bits per heavy atom. The number of rotatable bonds is 15. The van der Waals surface area contributed by atoms with Crippen LogP contribution in [0.5, 0.6) is 0 Å². The van der Waals surface area contributed by atoms with Gasteiger partial charge in [0.2, 0.25) is 17.7 Å². The van der Waals surface area contributed by atoms with Gasteiger partial charge in [-0.25, -0.2) is 0 Å². The lowest BCUT2D eigenvalue weighted by Gasteiger charge is -2.24. The molecule has 0 fully saturated rings. The molecule has 0 radical (unpaired) electrons. The van der Waals surface area contributed by atoms with Gasteiger partial charge in [-0.05, 0) is 30.7 Å². The zero-order valence-corrected chi connectivity index (χ0v) is 21.5. The summed E-state index contributed by atoms with van der Waals surface area (Å²) in [6.07, 6.45) is 0.407. The highest BCUT2D eigenvalue weighted by Crippen LogP contribution is 2.12. The van der Waals surface area contributed by atoms with Crippen LogP contribution in [-0.2, 0) is 25.6 Å². The fraction of sp³-hybridized carbons (Fsp3) is 0.615. The average molecular weight is 491 g/mol. The molecular weight excluding hydrogens is 448 g/mol. The van der Waals surface area contributed by atoms with Crippen LogP contribution in [0.4, 0.5) is 0 Å². The zero-order chi connectivity index (χ0) is 26.5. The third kappa shape index (κ3) is 12.4. The van der Waals surface area contributed by atoms with Crippen LogP contribution < -0.4 is 21.7 Å². The number of carboxylic acid groups (broad SMARTS) is 1. The van der Waals surface area contributed by atoms with Gasteiger partial charge < -0.3 is 26.8 Å². The molecule has 0 saturated carbocycles. The van der Waals surface area contributed by atoms with Gasteiger partial charge in [0.25, 0.3) is 0 Å². The van der Waals surface area contributed by atoms with E-state index in [4.69, 9.17) is 5.73 Å². The van der Waals surface area contributed by atoms with E-state index < -0.39 is 24.0 Å². The van der Waals surface area contributed by atoms with E-state index in [9.17, 15) is 24.3 Å². The highest BCUT2D eigenvalue weighted by atomic mass is 16.4. The van der Waals surface area contributed by atoms with E-state index in [0.29, 0.717) is 6.42 Å². The Morgan fingerprint density at radius 2 is 1.49 bits per heavy atom. The monoisotopic (exact) mass is 490 g/mol. The van der Waals surface area contributed by atoms with Crippen molar-refractivity contribution in [3.63, 3.8) is 0 Å². The van der Waals surface area contributed by atoms with Crippen molar-refractivity contribution in [3.05, 3.63) is 35.9 Å². The SMILES string of the molecule is CC(C)[C@H](N)CC(=O)NC[C@@H](C(=O)N[C@H](C)CC(=O)N[C@H](CC(=O)O)Cc1ccccc1)C(C)C. The quantitative estimate of drug-likeness (QED) is 0.253. The van der Waals surface area contributed by atoms with Crippen molar-refractivity contribution in [2.45, 2.75) is 78.4 Å². The number of hydrogen-bond donors (Lipinski definition) is 5. The van der Waals surface area contributed by atoms with E-state index in [-0.39, 0.29) is 61.4 Å². The molecule has 0 spiro atoms. The molecule has 1 aromatic carbocycles. The molecule has 0 unspecified atom stereocenters. The number of carbonyl (C=O) groups is 4. The fourth-order valence-electron chi connectivity index (χ4n) is 3.63. The van der Waals surface area contributed by atoms with Crippen molar-refractivity contribution in [3.8, 4) is 0 Å². The number of aliphatic carboxylic acids is 1. The molecular formula is C26H42N4O5. The maximum Gasteiger partial charge on any atom is 0.305 e. The second kappa shape index (κ2) is 15.1. The Kier molecular flexibility index (Phi) is 13.0. The third-order valence-electron chi connectivity index (χ3n) is 5.93. The maximum absolute atomic E-state index is 12.8. The van der Waals surface area contributed by atoms with Gasteiger partial charge in [-0.2, -0.15) is 0 Å². The van der Waals surface area contributed by atoms with Crippen LogP contribution in [-0.4, -0.2) is 53.5 Å². The molecule has 4 atom stereocenters. The molecule has 6 N–H and O–H groups in total. The summed E-state index contributed by atoms with van der Waals surface area (Å²) in [6.45, 7) is 9.60. The van der Waals surface area contributed by atoms with Crippen molar-refractivity contribution in [1.82, 2.24) is 16.0 Å². The van der Waals surface area contributed by atoms with Gasteiger partial charge in [0.05, 0.1) is 12.3 Å². The average Bonchev–Trinajstić information content (AvgIpc) is 2.73. The minimum absolute atomic E-state index is 0.0110. The van der Waals surface area contributed by atoms with E-state index >= 15 is 0 Å². The molecule has 0 aromatic heterocycles. The van der Waals surface area contributed by atoms with Crippen molar-refractivity contribution in [1.29, 1.82) is 0 Å². The first-order valence-corrected chi connectivity index (χ1v) is 12.3. The topological polar surface area (TPSA) is 151 Å². The minimum atomic E-state index is -0.997. The first-order valence-electron chi connectivity index (χ1n) is 12.3. The Morgan fingerprint density at radius 3 is 2.03 bits per heavy atom. The summed E-state index contributed by atoms with van der Waals surface area (Å²) in [6, 6.07) is 8.09. The predicted octanol–water partition coefficient (Wildman–Crippen LogP) is 1.85. The van der Waals surface area contributed by atoms with Crippen LogP contribution >= 0.6 is 0 Å². The Hall–Kier alpha value is -2.94. The molecule has 9 nitrogen and oxygen atoms in total. The number of carbonyl (C=O) groups excluding carboxylic acids is 3. The third-order valence-corrected chi connectivity index (χ3v) is 5.93. The first kappa shape index (κ1) is 30.1. The zero-order valence-electron chi connectivity index (χ0n) is 21.5. The molecule has 0 aliphatic carbocycles. The normalized spacial score (nSPS) is 14.6. The molecule has 1 rings (SSSR count). The number of hydrogen-bond acceptors (Lipinski definition) is 5. The van der Waals surface area contributed by atoms with Crippen LogP contribution in [0, 0.1) is 17.8 Å². The Balaban J connectivity index is 2.61. The smallest absolute Gasteiger partial charge is 0.305 e. The van der Waals surface area contributed by atoms with Gasteiger partial charge in [0.1, 0.15) is 0 Å². The van der Waals surface area contributed by atoms with Crippen molar-refractivity contribution in [2.75, 3.05) is 6.54 Å². The summed E-state index contributed by atoms with van der Waals surface area (Å²) in [5, 5.41) is 17.6. The van der Waals surface area contributed by atoms with Crippen LogP contribution in [0.25, 0.3) is 0 Å². The molecule has 9 heteroatoms. The number of nitrogens with two attached hydrogens (primary N) is 1. The summed E-state index contributed by atoms with van der Waals surface area (Å²) in [7, 11) is 0. The number of carboxylic acids is 1. The number of amides is 3. The maximum atomic E-state index is 12.8. The number of benzene rings is 1. The van der Waals surface area contributed by atoms with Gasteiger partial charge in [0, 0.05) is 37.5 Å². The lowest BCUT2D eigenvalue weighted by atomic mass is 9.94. The highest BCUT2D eigenvalue weighted by molar-refractivity contribution is 5.83. The molecule has 0 aliphatic rings. The molecule has 0 bridgehead atoms. The molecule has 3 amide bonds. The van der Waals surface area contributed by atoms with E-state index in [2.05, 4.69) is 16.0 Å². The highest BCUT2D eigenvalue weighted by Gasteiger charge is 2.26. The van der Waals surface area contributed by atoms with E-state index in [1.807, 2.05) is 58.0 Å². The predicted molar refractivity (Wildman–Crippen MR) is 135 cm³/mol. The molecule has 0 saturated heterocycles. The fourth-order valence-corrected chi connectivity index (χ4v) is 3.63. The van der Waals surface area contributed by atoms with Crippen molar-refractivity contribution < 1.29 is 24.3 Å². The minimum Gasteiger partial charge on any atom is -0.481 e. The second-order valence-electron chi connectivity index (χ2n) is 9.93. The van der Waals surface area contributed by atoms with E-state index in [0.717, 1.165) is 5.56 Å². The Labute approximate surface area is 208 Å². The molecule has 1 aromatic rings. The summed E-state index contributed by atoms with van der Waals surface area (Å²) < 4.78 is 0. The van der Waals surface area contributed by atoms with Crippen LogP contribution in [0.15, 0.2) is 30.3 Å². The molecule has 196 valence electrons. The van der Waals surface area contributed by atoms with Gasteiger partial charge in [0.15, 0.2) is 0 Å². The van der Waals surface area contributed by atoms with Gasteiger partial charge in [-0.15, -0.1) is 0 Å². The standard InChI is InChI=1S/C26H42N4O5/c1-16(2)21(15-28-23(31)14-22(27)17(3)4)26(35)29-18(5)11-24(32)30-20(13-25(33)34)12-19-9-7-6-8-10-19/h6-10,16-18,20-22H,11-15,27H2,1-5H3,(H,28,31)(H,29,35)(H,30,32)(H,33,34)/t18-,20+,21-,22-/m1/s1. The van der Waals surface area contributed by atoms with E-state index in [1.165, 1.54) is 0 Å². The lowest BCUT2D eigenvalue weighted by Crippen LogP contribution is -2.47. The van der Waals surface area contributed by atoms with Crippen LogP contribution in [0.1, 0.15) is 59.4 Å². The number of nitrogens with one attached hydrogen (secondary N) is 3. The van der Waals surface area contributed by atoms with Crippen LogP contribution in [0.2, 0.25) is 0 Å². The summed E-state index contributed by atoms with van der Waals surface area (Å²) >= 11 is 0. The van der Waals surface area contributed by atoms with E-state index in [1.54, 1.807) is 6.92 Å². The van der Waals surface area contributed by atoms with Gasteiger partial charge in [-0.1, -0.05) is 58.0 Å². The second-order valence-corrected chi connectivity index (χ2v) is 9.93. The largest absolute Gasteiger partial charge is 0.481 e. The van der Waals surface area contributed by atoms with Crippen molar-refractivity contribution >= 4 is 23.7 Å². The van der Waals surface area contributed by atoms with Crippen molar-refractivity contribution in [2.24, 2.45) is 23.5 Å². The Bertz CT molecular complexity index is 828. The van der Waals surface area contributed by atoms with Gasteiger partial charge >= 0.3 is 5.97 Å². The summed E-state index contributed by atoms with van der Waals surface area (Å²) in [5.74, 6) is -2.08. The molecule has 0 aliphatic heterocycles. The van der Waals surface area contributed by atoms with Crippen LogP contribution in [0.3, 0.4) is 0 Å². The molecule has 35 heavy (non-hydrogen) atoms. The first-order chi connectivity index (χ1) is 16.4. The lowest BCUT2D eigenvalue weighted by molar-refractivity contribution is -0.137. The molecule has 0 heterocycles. The van der Waals surface area contributed by atoms with Gasteiger partial charge in [-0.3, -0.25) is 19.2 Å². The summed E-state index contributed by atoms with van der Waals surface area (Å²) in [5.41, 5.74) is 6.88.